The maximum Gasteiger partial charge on any atom is 0.371 e. The van der Waals surface area contributed by atoms with Crippen LogP contribution in [0.5, 0.6) is 0 Å². The molecule has 0 amide bonds. The summed E-state index contributed by atoms with van der Waals surface area (Å²) >= 11 is 6.38. The van der Waals surface area contributed by atoms with Gasteiger partial charge in [-0.3, -0.25) is 0 Å². The Morgan fingerprint density at radius 1 is 1.43 bits per heavy atom. The van der Waals surface area contributed by atoms with Crippen molar-refractivity contribution in [1.82, 2.24) is 4.98 Å². The van der Waals surface area contributed by atoms with Crippen molar-refractivity contribution in [1.29, 1.82) is 0 Å². The maximum absolute atomic E-state index is 10.6. The third kappa shape index (κ3) is 1.55. The van der Waals surface area contributed by atoms with Crippen molar-refractivity contribution >= 4 is 48.8 Å². The van der Waals surface area contributed by atoms with Crippen LogP contribution >= 0.6 is 31.9 Å². The van der Waals surface area contributed by atoms with Crippen LogP contribution in [0.25, 0.3) is 11.0 Å². The predicted molar refractivity (Wildman–Crippen MR) is 56.4 cm³/mol. The summed E-state index contributed by atoms with van der Waals surface area (Å²) in [6.07, 6.45) is 0. The molecule has 0 aliphatic heterocycles. The van der Waals surface area contributed by atoms with Crippen LogP contribution < -0.4 is 0 Å². The fourth-order valence-corrected chi connectivity index (χ4v) is 2.25. The van der Waals surface area contributed by atoms with Gasteiger partial charge in [0.25, 0.3) is 0 Å². The summed E-state index contributed by atoms with van der Waals surface area (Å²) in [6, 6.07) is 3.14. The third-order valence-corrected chi connectivity index (χ3v) is 2.58. The lowest BCUT2D eigenvalue weighted by Gasteiger charge is -1.92. The zero-order valence-corrected chi connectivity index (χ0v) is 9.79. The molecule has 2 rings (SSSR count). The van der Waals surface area contributed by atoms with Gasteiger partial charge in [0.1, 0.15) is 4.60 Å². The molecule has 0 aliphatic rings. The minimum absolute atomic E-state index is 0.0967. The largest absolute Gasteiger partial charge is 0.475 e. The second-order valence-electron chi connectivity index (χ2n) is 2.57. The minimum Gasteiger partial charge on any atom is -0.475 e. The van der Waals surface area contributed by atoms with E-state index in [1.54, 1.807) is 6.07 Å². The van der Waals surface area contributed by atoms with E-state index in [0.717, 1.165) is 0 Å². The maximum atomic E-state index is 10.6. The average Bonchev–Trinajstić information content (AvgIpc) is 2.47. The van der Waals surface area contributed by atoms with Crippen LogP contribution in [0.15, 0.2) is 25.8 Å². The lowest BCUT2D eigenvalue weighted by atomic mass is 10.3. The summed E-state index contributed by atoms with van der Waals surface area (Å²) < 4.78 is 6.19. The molecule has 0 unspecified atom stereocenters. The van der Waals surface area contributed by atoms with Crippen LogP contribution in [0.3, 0.4) is 0 Å². The topological polar surface area (TPSA) is 63.3 Å². The second kappa shape index (κ2) is 3.36. The number of halogens is 2. The van der Waals surface area contributed by atoms with E-state index in [4.69, 9.17) is 9.52 Å². The van der Waals surface area contributed by atoms with E-state index in [2.05, 4.69) is 36.8 Å². The zero-order chi connectivity index (χ0) is 10.3. The van der Waals surface area contributed by atoms with Gasteiger partial charge in [-0.1, -0.05) is 0 Å². The number of aromatic nitrogens is 1. The summed E-state index contributed by atoms with van der Waals surface area (Å²) in [7, 11) is 0. The highest BCUT2D eigenvalue weighted by atomic mass is 79.9. The highest BCUT2D eigenvalue weighted by Gasteiger charge is 2.13. The van der Waals surface area contributed by atoms with Gasteiger partial charge in [0, 0.05) is 5.39 Å². The number of aromatic carboxylic acids is 1. The first-order chi connectivity index (χ1) is 6.58. The fourth-order valence-electron chi connectivity index (χ4n) is 1.08. The fraction of sp³-hybridized carbons (Fsp3) is 0. The second-order valence-corrected chi connectivity index (χ2v) is 4.13. The van der Waals surface area contributed by atoms with E-state index in [1.165, 1.54) is 6.07 Å². The van der Waals surface area contributed by atoms with E-state index in [0.29, 0.717) is 20.2 Å². The molecule has 0 bridgehead atoms. The third-order valence-electron chi connectivity index (χ3n) is 1.64. The molecule has 2 aromatic rings. The molecule has 0 aromatic carbocycles. The van der Waals surface area contributed by atoms with Gasteiger partial charge in [0.05, 0.1) is 0 Å². The van der Waals surface area contributed by atoms with Gasteiger partial charge in [0.15, 0.2) is 10.2 Å². The van der Waals surface area contributed by atoms with E-state index >= 15 is 0 Å². The van der Waals surface area contributed by atoms with Gasteiger partial charge in [-0.2, -0.15) is 0 Å². The molecule has 0 spiro atoms. The normalized spacial score (nSPS) is 10.7. The van der Waals surface area contributed by atoms with Gasteiger partial charge >= 0.3 is 5.97 Å². The Hall–Kier alpha value is -0.880. The van der Waals surface area contributed by atoms with Crippen LogP contribution in [0.2, 0.25) is 0 Å². The van der Waals surface area contributed by atoms with E-state index in [1.807, 2.05) is 0 Å². The molecule has 2 heterocycles. The number of carboxylic acid groups (broad SMARTS) is 1. The number of fused-ring (bicyclic) bond motifs is 1. The van der Waals surface area contributed by atoms with E-state index in [-0.39, 0.29) is 5.76 Å². The lowest BCUT2D eigenvalue weighted by molar-refractivity contribution is 0.0665. The highest BCUT2D eigenvalue weighted by Crippen LogP contribution is 2.28. The van der Waals surface area contributed by atoms with Crippen molar-refractivity contribution in [2.75, 3.05) is 0 Å². The first-order valence-corrected chi connectivity index (χ1v) is 5.15. The summed E-state index contributed by atoms with van der Waals surface area (Å²) in [5.74, 6) is -1.19. The lowest BCUT2D eigenvalue weighted by Crippen LogP contribution is -1.91. The van der Waals surface area contributed by atoms with Crippen LogP contribution in [0, 0.1) is 0 Å². The monoisotopic (exact) mass is 319 g/mol. The minimum atomic E-state index is -1.09. The molecule has 72 valence electrons. The van der Waals surface area contributed by atoms with E-state index < -0.39 is 5.97 Å². The Morgan fingerprint density at radius 2 is 2.14 bits per heavy atom. The Kier molecular flexibility index (Phi) is 2.32. The van der Waals surface area contributed by atoms with Crippen molar-refractivity contribution in [2.24, 2.45) is 0 Å². The number of furan rings is 1. The number of carboxylic acids is 1. The van der Waals surface area contributed by atoms with E-state index in [9.17, 15) is 4.79 Å². The molecule has 4 nitrogen and oxygen atoms in total. The quantitative estimate of drug-likeness (QED) is 0.820. The van der Waals surface area contributed by atoms with Crippen LogP contribution in [0.4, 0.5) is 0 Å². The van der Waals surface area contributed by atoms with Crippen molar-refractivity contribution in [2.45, 2.75) is 0 Å². The SMILES string of the molecule is O=C(O)c1cc2cc(Br)nc(Br)c2o1. The van der Waals surface area contributed by atoms with Crippen molar-refractivity contribution in [3.63, 3.8) is 0 Å². The van der Waals surface area contributed by atoms with Crippen LogP contribution in [-0.2, 0) is 0 Å². The number of carbonyl (C=O) groups is 1. The van der Waals surface area contributed by atoms with Crippen molar-refractivity contribution in [3.8, 4) is 0 Å². The first-order valence-electron chi connectivity index (χ1n) is 3.57. The molecule has 14 heavy (non-hydrogen) atoms. The summed E-state index contributed by atoms with van der Waals surface area (Å²) in [4.78, 5) is 14.6. The Balaban J connectivity index is 2.76. The van der Waals surface area contributed by atoms with Crippen LogP contribution in [-0.4, -0.2) is 16.1 Å². The van der Waals surface area contributed by atoms with Gasteiger partial charge in [-0.05, 0) is 44.0 Å². The summed E-state index contributed by atoms with van der Waals surface area (Å²) in [5.41, 5.74) is 0.436. The first kappa shape index (κ1) is 9.67. The molecule has 0 aliphatic carbocycles. The number of hydrogen-bond donors (Lipinski definition) is 1. The van der Waals surface area contributed by atoms with Gasteiger partial charge in [0.2, 0.25) is 5.76 Å². The van der Waals surface area contributed by atoms with Gasteiger partial charge in [-0.25, -0.2) is 9.78 Å². The smallest absolute Gasteiger partial charge is 0.371 e. The van der Waals surface area contributed by atoms with Crippen molar-refractivity contribution < 1.29 is 14.3 Å². The molecule has 0 saturated heterocycles. The number of hydrogen-bond acceptors (Lipinski definition) is 3. The molecular weight excluding hydrogens is 318 g/mol. The Morgan fingerprint density at radius 3 is 2.79 bits per heavy atom. The number of pyridine rings is 1. The molecule has 0 radical (unpaired) electrons. The molecule has 2 aromatic heterocycles. The predicted octanol–water partition coefficient (Wildman–Crippen LogP) is 3.05. The van der Waals surface area contributed by atoms with Gasteiger partial charge in [-0.15, -0.1) is 0 Å². The molecule has 0 atom stereocenters. The average molecular weight is 321 g/mol. The molecular formula is C8H3Br2NO3. The van der Waals surface area contributed by atoms with Gasteiger partial charge < -0.3 is 9.52 Å². The molecule has 1 N–H and O–H groups in total. The Labute approximate surface area is 95.2 Å². The van der Waals surface area contributed by atoms with Crippen molar-refractivity contribution in [3.05, 3.63) is 27.1 Å². The number of rotatable bonds is 1. The summed E-state index contributed by atoms with van der Waals surface area (Å²) in [5, 5.41) is 9.40. The zero-order valence-electron chi connectivity index (χ0n) is 6.62. The summed E-state index contributed by atoms with van der Waals surface area (Å²) in [6.45, 7) is 0. The molecule has 6 heteroatoms. The Bertz CT molecular complexity index is 521. The van der Waals surface area contributed by atoms with Crippen LogP contribution in [0.1, 0.15) is 10.6 Å². The molecule has 0 saturated carbocycles. The highest BCUT2D eigenvalue weighted by molar-refractivity contribution is 9.11. The standard InChI is InChI=1S/C8H3Br2NO3/c9-5-2-3-1-4(8(12)13)14-6(3)7(10)11-5/h1-2H,(H,12,13). The molecule has 0 fully saturated rings. The number of nitrogens with zero attached hydrogens (tertiary/aromatic N) is 1.